The highest BCUT2D eigenvalue weighted by Crippen LogP contribution is 2.42. The van der Waals surface area contributed by atoms with Gasteiger partial charge in [-0.3, -0.25) is 14.9 Å². The molecule has 0 saturated heterocycles. The van der Waals surface area contributed by atoms with Gasteiger partial charge in [0.25, 0.3) is 5.69 Å². The molecule has 6 nitrogen and oxygen atoms in total. The standard InChI is InChI=1S/C13H14ClNO5/c1-19-12(16)8-13(5-2-6-13)20-11-7-9(15(17)18)3-4-10(11)14/h3-4,7H,2,5-6,8H2,1H3. The smallest absolute Gasteiger partial charge is 0.309 e. The molecule has 1 aliphatic carbocycles. The Hall–Kier alpha value is -1.82. The van der Waals surface area contributed by atoms with E-state index < -0.39 is 10.5 Å². The second-order valence-corrected chi connectivity index (χ2v) is 5.17. The number of nitro groups is 1. The van der Waals surface area contributed by atoms with Crippen LogP contribution >= 0.6 is 11.6 Å². The largest absolute Gasteiger partial charge is 0.485 e. The molecule has 1 aliphatic rings. The van der Waals surface area contributed by atoms with E-state index in [-0.39, 0.29) is 28.8 Å². The predicted molar refractivity (Wildman–Crippen MR) is 71.9 cm³/mol. The normalized spacial score (nSPS) is 16.1. The van der Waals surface area contributed by atoms with Crippen LogP contribution in [0.5, 0.6) is 5.75 Å². The Morgan fingerprint density at radius 1 is 1.50 bits per heavy atom. The monoisotopic (exact) mass is 299 g/mol. The minimum atomic E-state index is -0.661. The first-order valence-electron chi connectivity index (χ1n) is 6.15. The van der Waals surface area contributed by atoms with Gasteiger partial charge >= 0.3 is 5.97 Å². The van der Waals surface area contributed by atoms with Gasteiger partial charge in [-0.2, -0.15) is 0 Å². The van der Waals surface area contributed by atoms with E-state index in [1.165, 1.54) is 25.3 Å². The number of halogens is 1. The average Bonchev–Trinajstić information content (AvgIpc) is 2.37. The number of non-ortho nitro benzene ring substituents is 1. The van der Waals surface area contributed by atoms with Crippen molar-refractivity contribution in [3.8, 4) is 5.75 Å². The highest BCUT2D eigenvalue weighted by Gasteiger charge is 2.42. The molecule has 0 aromatic heterocycles. The molecule has 0 atom stereocenters. The second-order valence-electron chi connectivity index (χ2n) is 4.76. The van der Waals surface area contributed by atoms with Crippen molar-refractivity contribution in [1.29, 1.82) is 0 Å². The molecule has 0 unspecified atom stereocenters. The van der Waals surface area contributed by atoms with E-state index in [0.29, 0.717) is 12.8 Å². The third-order valence-corrected chi connectivity index (χ3v) is 3.72. The lowest BCUT2D eigenvalue weighted by atomic mass is 9.77. The van der Waals surface area contributed by atoms with E-state index in [1.807, 2.05) is 0 Å². The molecule has 0 radical (unpaired) electrons. The van der Waals surface area contributed by atoms with Crippen LogP contribution in [0.2, 0.25) is 5.02 Å². The Kier molecular flexibility index (Phi) is 4.13. The summed E-state index contributed by atoms with van der Waals surface area (Å²) in [5, 5.41) is 11.1. The minimum Gasteiger partial charge on any atom is -0.485 e. The molecule has 0 spiro atoms. The molecule has 7 heteroatoms. The highest BCUT2D eigenvalue weighted by molar-refractivity contribution is 6.32. The van der Waals surface area contributed by atoms with Crippen molar-refractivity contribution in [2.75, 3.05) is 7.11 Å². The third-order valence-electron chi connectivity index (χ3n) is 3.41. The zero-order chi connectivity index (χ0) is 14.8. The molecule has 108 valence electrons. The summed E-state index contributed by atoms with van der Waals surface area (Å²) in [6, 6.07) is 4.00. The van der Waals surface area contributed by atoms with Crippen molar-refractivity contribution in [3.63, 3.8) is 0 Å². The minimum absolute atomic E-state index is 0.100. The Balaban J connectivity index is 2.21. The van der Waals surface area contributed by atoms with Crippen molar-refractivity contribution >= 4 is 23.3 Å². The van der Waals surface area contributed by atoms with Gasteiger partial charge in [-0.25, -0.2) is 0 Å². The van der Waals surface area contributed by atoms with Crippen LogP contribution in [0, 0.1) is 10.1 Å². The van der Waals surface area contributed by atoms with Gasteiger partial charge in [0, 0.05) is 6.07 Å². The van der Waals surface area contributed by atoms with Gasteiger partial charge in [0.15, 0.2) is 0 Å². The van der Waals surface area contributed by atoms with E-state index in [4.69, 9.17) is 16.3 Å². The maximum Gasteiger partial charge on any atom is 0.309 e. The number of benzene rings is 1. The number of hydrogen-bond donors (Lipinski definition) is 0. The lowest BCUT2D eigenvalue weighted by Gasteiger charge is -2.41. The molecule has 0 aliphatic heterocycles. The van der Waals surface area contributed by atoms with E-state index in [9.17, 15) is 14.9 Å². The molecule has 0 amide bonds. The van der Waals surface area contributed by atoms with Gasteiger partial charge in [-0.15, -0.1) is 0 Å². The van der Waals surface area contributed by atoms with Crippen molar-refractivity contribution in [1.82, 2.24) is 0 Å². The van der Waals surface area contributed by atoms with Crippen molar-refractivity contribution in [3.05, 3.63) is 33.3 Å². The van der Waals surface area contributed by atoms with Crippen molar-refractivity contribution in [2.45, 2.75) is 31.3 Å². The number of methoxy groups -OCH3 is 1. The van der Waals surface area contributed by atoms with Gasteiger partial charge < -0.3 is 9.47 Å². The van der Waals surface area contributed by atoms with Crippen LogP contribution in [0.1, 0.15) is 25.7 Å². The quantitative estimate of drug-likeness (QED) is 0.474. The molecule has 1 aromatic rings. The average molecular weight is 300 g/mol. The van der Waals surface area contributed by atoms with Crippen LogP contribution in [-0.2, 0) is 9.53 Å². The molecular weight excluding hydrogens is 286 g/mol. The summed E-state index contributed by atoms with van der Waals surface area (Å²) < 4.78 is 10.4. The first kappa shape index (κ1) is 14.6. The maximum absolute atomic E-state index is 11.4. The SMILES string of the molecule is COC(=O)CC1(Oc2cc([N+](=O)[O-])ccc2Cl)CCC1. The number of rotatable bonds is 5. The molecule has 20 heavy (non-hydrogen) atoms. The molecule has 1 fully saturated rings. The summed E-state index contributed by atoms with van der Waals surface area (Å²) in [6.07, 6.45) is 2.44. The van der Waals surface area contributed by atoms with Gasteiger partial charge in [0.2, 0.25) is 0 Å². The number of hydrogen-bond acceptors (Lipinski definition) is 5. The van der Waals surface area contributed by atoms with Crippen molar-refractivity contribution in [2.24, 2.45) is 0 Å². The molecule has 0 bridgehead atoms. The van der Waals surface area contributed by atoms with E-state index in [2.05, 4.69) is 4.74 Å². The maximum atomic E-state index is 11.4. The zero-order valence-electron chi connectivity index (χ0n) is 10.9. The Bertz CT molecular complexity index is 542. The van der Waals surface area contributed by atoms with E-state index in [1.54, 1.807) is 0 Å². The summed E-state index contributed by atoms with van der Waals surface area (Å²) in [6.45, 7) is 0. The van der Waals surface area contributed by atoms with Crippen LogP contribution in [0.4, 0.5) is 5.69 Å². The number of carbonyl (C=O) groups excluding carboxylic acids is 1. The fourth-order valence-electron chi connectivity index (χ4n) is 2.14. The number of nitrogens with zero attached hydrogens (tertiary/aromatic N) is 1. The molecule has 2 rings (SSSR count). The summed E-state index contributed by atoms with van der Waals surface area (Å²) in [4.78, 5) is 21.7. The van der Waals surface area contributed by atoms with Crippen LogP contribution in [0.3, 0.4) is 0 Å². The van der Waals surface area contributed by atoms with Crippen LogP contribution in [0.15, 0.2) is 18.2 Å². The van der Waals surface area contributed by atoms with E-state index in [0.717, 1.165) is 6.42 Å². The van der Waals surface area contributed by atoms with Gasteiger partial charge in [-0.05, 0) is 25.3 Å². The van der Waals surface area contributed by atoms with Gasteiger partial charge in [-0.1, -0.05) is 11.6 Å². The molecule has 1 aromatic carbocycles. The molecule has 0 N–H and O–H groups in total. The predicted octanol–water partition coefficient (Wildman–Crippen LogP) is 3.11. The molecular formula is C13H14ClNO5. The third kappa shape index (κ3) is 3.01. The lowest BCUT2D eigenvalue weighted by molar-refractivity contribution is -0.385. The lowest BCUT2D eigenvalue weighted by Crippen LogP contribution is -2.45. The van der Waals surface area contributed by atoms with Crippen LogP contribution in [-0.4, -0.2) is 23.6 Å². The first-order valence-corrected chi connectivity index (χ1v) is 6.53. The number of ether oxygens (including phenoxy) is 2. The Morgan fingerprint density at radius 2 is 2.20 bits per heavy atom. The second kappa shape index (κ2) is 5.66. The molecule has 0 heterocycles. The van der Waals surface area contributed by atoms with E-state index >= 15 is 0 Å². The summed E-state index contributed by atoms with van der Waals surface area (Å²) in [7, 11) is 1.31. The number of esters is 1. The summed E-state index contributed by atoms with van der Waals surface area (Å²) in [5.41, 5.74) is -0.761. The summed E-state index contributed by atoms with van der Waals surface area (Å²) >= 11 is 5.99. The number of nitro benzene ring substituents is 1. The van der Waals surface area contributed by atoms with Crippen molar-refractivity contribution < 1.29 is 19.2 Å². The van der Waals surface area contributed by atoms with Crippen LogP contribution < -0.4 is 4.74 Å². The number of carbonyl (C=O) groups is 1. The topological polar surface area (TPSA) is 78.7 Å². The van der Waals surface area contributed by atoms with Gasteiger partial charge in [0.05, 0.1) is 29.5 Å². The Labute approximate surface area is 120 Å². The fraction of sp³-hybridized carbons (Fsp3) is 0.462. The Morgan fingerprint density at radius 3 is 2.70 bits per heavy atom. The fourth-order valence-corrected chi connectivity index (χ4v) is 2.29. The van der Waals surface area contributed by atoms with Gasteiger partial charge in [0.1, 0.15) is 11.4 Å². The van der Waals surface area contributed by atoms with Crippen LogP contribution in [0.25, 0.3) is 0 Å². The zero-order valence-corrected chi connectivity index (χ0v) is 11.7. The molecule has 1 saturated carbocycles. The highest BCUT2D eigenvalue weighted by atomic mass is 35.5. The summed E-state index contributed by atoms with van der Waals surface area (Å²) in [5.74, 6) is -0.143. The first-order chi connectivity index (χ1) is 9.46.